The number of nitrogens with zero attached hydrogens (tertiary/aromatic N) is 1. The number of alkyl halides is 4. The lowest BCUT2D eigenvalue weighted by atomic mass is 9.97. The van der Waals surface area contributed by atoms with Gasteiger partial charge in [0.2, 0.25) is 5.91 Å². The summed E-state index contributed by atoms with van der Waals surface area (Å²) in [5.74, 6) is -0.848. The monoisotopic (exact) mass is 443 g/mol. The number of benzene rings is 2. The normalized spacial score (nSPS) is 13.9. The minimum absolute atomic E-state index is 0.167. The molecule has 2 aromatic carbocycles. The zero-order valence-corrected chi connectivity index (χ0v) is 16.5. The molecule has 2 heterocycles. The summed E-state index contributed by atoms with van der Waals surface area (Å²) in [5, 5.41) is 5.25. The molecule has 0 saturated carbocycles. The minimum Gasteiger partial charge on any atom is -0.340 e. The van der Waals surface area contributed by atoms with Crippen LogP contribution in [0.4, 0.5) is 23.2 Å². The third kappa shape index (κ3) is 4.32. The van der Waals surface area contributed by atoms with Gasteiger partial charge in [-0.05, 0) is 41.0 Å². The van der Waals surface area contributed by atoms with Crippen molar-refractivity contribution in [3.05, 3.63) is 94.3 Å². The molecule has 164 valence electrons. The number of amides is 2. The standard InChI is InChI=1S/C23H17F4N3O2/c24-12-13-3-5-14(6-4-13)20(21-17(23(25,26)27)2-1-9-28-21)30-22(32)16-8-7-15-11-19(31)29-18(15)10-16/h1-10,20H,11-12H2,(H,29,31)(H,30,32)/t20-/m0/s1. The van der Waals surface area contributed by atoms with Gasteiger partial charge in [-0.3, -0.25) is 14.6 Å². The average molecular weight is 443 g/mol. The lowest BCUT2D eigenvalue weighted by Crippen LogP contribution is -2.31. The largest absolute Gasteiger partial charge is 0.418 e. The molecule has 0 spiro atoms. The molecule has 1 atom stereocenters. The van der Waals surface area contributed by atoms with Gasteiger partial charge >= 0.3 is 6.18 Å². The molecule has 3 aromatic rings. The highest BCUT2D eigenvalue weighted by Gasteiger charge is 2.37. The molecule has 0 aliphatic carbocycles. The van der Waals surface area contributed by atoms with Crippen LogP contribution in [0.2, 0.25) is 0 Å². The molecular formula is C23H17F4N3O2. The van der Waals surface area contributed by atoms with Crippen LogP contribution in [0.1, 0.15) is 44.3 Å². The molecule has 0 unspecified atom stereocenters. The Kier molecular flexibility index (Phi) is 5.65. The van der Waals surface area contributed by atoms with Crippen molar-refractivity contribution in [1.29, 1.82) is 0 Å². The second-order valence-electron chi connectivity index (χ2n) is 7.31. The first-order valence-corrected chi connectivity index (χ1v) is 9.67. The average Bonchev–Trinajstić information content (AvgIpc) is 3.16. The van der Waals surface area contributed by atoms with Gasteiger partial charge in [0.25, 0.3) is 5.91 Å². The van der Waals surface area contributed by atoms with Crippen LogP contribution >= 0.6 is 0 Å². The molecule has 32 heavy (non-hydrogen) atoms. The van der Waals surface area contributed by atoms with Gasteiger partial charge < -0.3 is 10.6 Å². The fourth-order valence-corrected chi connectivity index (χ4v) is 3.57. The van der Waals surface area contributed by atoms with Crippen molar-refractivity contribution in [1.82, 2.24) is 10.3 Å². The maximum atomic E-state index is 13.6. The first kappa shape index (κ1) is 21.5. The minimum atomic E-state index is -4.69. The maximum absolute atomic E-state index is 13.6. The number of fused-ring (bicyclic) bond motifs is 1. The number of nitrogens with one attached hydrogen (secondary N) is 2. The van der Waals surface area contributed by atoms with Crippen LogP contribution in [0.3, 0.4) is 0 Å². The lowest BCUT2D eigenvalue weighted by Gasteiger charge is -2.22. The number of rotatable bonds is 5. The number of carbonyl (C=O) groups is 2. The lowest BCUT2D eigenvalue weighted by molar-refractivity contribution is -0.138. The summed E-state index contributed by atoms with van der Waals surface area (Å²) < 4.78 is 53.9. The van der Waals surface area contributed by atoms with Crippen LogP contribution in [0.15, 0.2) is 60.8 Å². The molecule has 4 rings (SSSR count). The molecule has 1 aromatic heterocycles. The third-order valence-corrected chi connectivity index (χ3v) is 5.16. The summed E-state index contributed by atoms with van der Waals surface area (Å²) in [4.78, 5) is 28.4. The van der Waals surface area contributed by atoms with Crippen LogP contribution in [0, 0.1) is 0 Å². The zero-order chi connectivity index (χ0) is 22.9. The Labute approximate surface area is 180 Å². The molecule has 5 nitrogen and oxygen atoms in total. The summed E-state index contributed by atoms with van der Waals surface area (Å²) in [6.07, 6.45) is -3.28. The Morgan fingerprint density at radius 2 is 1.88 bits per heavy atom. The molecule has 1 aliphatic heterocycles. The van der Waals surface area contributed by atoms with Crippen molar-refractivity contribution in [2.45, 2.75) is 25.3 Å². The summed E-state index contributed by atoms with van der Waals surface area (Å²) in [7, 11) is 0. The molecule has 2 amide bonds. The highest BCUT2D eigenvalue weighted by Crippen LogP contribution is 2.35. The fraction of sp³-hybridized carbons (Fsp3) is 0.174. The maximum Gasteiger partial charge on any atom is 0.418 e. The number of pyridine rings is 1. The van der Waals surface area contributed by atoms with Gasteiger partial charge in [0, 0.05) is 17.4 Å². The van der Waals surface area contributed by atoms with Crippen LogP contribution in [0.25, 0.3) is 0 Å². The van der Waals surface area contributed by atoms with E-state index in [1.165, 1.54) is 48.7 Å². The SMILES string of the molecule is O=C1Cc2ccc(C(=O)N[C@@H](c3ccc(CF)cc3)c3ncccc3C(F)(F)F)cc2N1. The Morgan fingerprint density at radius 1 is 1.12 bits per heavy atom. The van der Waals surface area contributed by atoms with E-state index < -0.39 is 30.4 Å². The van der Waals surface area contributed by atoms with Crippen LogP contribution < -0.4 is 10.6 Å². The molecule has 0 saturated heterocycles. The fourth-order valence-electron chi connectivity index (χ4n) is 3.57. The molecule has 2 N–H and O–H groups in total. The molecule has 0 fully saturated rings. The van der Waals surface area contributed by atoms with E-state index in [9.17, 15) is 27.2 Å². The smallest absolute Gasteiger partial charge is 0.340 e. The van der Waals surface area contributed by atoms with Crippen LogP contribution in [-0.2, 0) is 24.1 Å². The number of hydrogen-bond donors (Lipinski definition) is 2. The second-order valence-corrected chi connectivity index (χ2v) is 7.31. The van der Waals surface area contributed by atoms with Gasteiger partial charge in [-0.1, -0.05) is 30.3 Å². The number of hydrogen-bond acceptors (Lipinski definition) is 3. The van der Waals surface area contributed by atoms with Crippen molar-refractivity contribution >= 4 is 17.5 Å². The van der Waals surface area contributed by atoms with E-state index >= 15 is 0 Å². The van der Waals surface area contributed by atoms with Gasteiger partial charge in [0.1, 0.15) is 6.67 Å². The van der Waals surface area contributed by atoms with Gasteiger partial charge in [0.15, 0.2) is 0 Å². The first-order chi connectivity index (χ1) is 15.3. The predicted octanol–water partition coefficient (Wildman–Crippen LogP) is 4.58. The molecule has 0 bridgehead atoms. The second kappa shape index (κ2) is 8.41. The van der Waals surface area contributed by atoms with Gasteiger partial charge in [0.05, 0.1) is 23.7 Å². The van der Waals surface area contributed by atoms with E-state index in [1.807, 2.05) is 0 Å². The van der Waals surface area contributed by atoms with E-state index in [2.05, 4.69) is 15.6 Å². The van der Waals surface area contributed by atoms with E-state index in [-0.39, 0.29) is 23.6 Å². The Morgan fingerprint density at radius 3 is 2.56 bits per heavy atom. The molecular weight excluding hydrogens is 426 g/mol. The molecule has 1 aliphatic rings. The Balaban J connectivity index is 1.73. The summed E-state index contributed by atoms with van der Waals surface area (Å²) in [6, 6.07) is 11.2. The molecule has 9 heteroatoms. The number of carbonyl (C=O) groups excluding carboxylic acids is 2. The van der Waals surface area contributed by atoms with Crippen molar-refractivity contribution in [3.63, 3.8) is 0 Å². The summed E-state index contributed by atoms with van der Waals surface area (Å²) >= 11 is 0. The van der Waals surface area contributed by atoms with Crippen molar-refractivity contribution < 1.29 is 27.2 Å². The van der Waals surface area contributed by atoms with E-state index in [0.717, 1.165) is 11.6 Å². The van der Waals surface area contributed by atoms with Crippen molar-refractivity contribution in [3.8, 4) is 0 Å². The number of anilines is 1. The summed E-state index contributed by atoms with van der Waals surface area (Å²) in [5.41, 5.74) is 0.687. The van der Waals surface area contributed by atoms with E-state index in [0.29, 0.717) is 16.8 Å². The van der Waals surface area contributed by atoms with Gasteiger partial charge in [-0.2, -0.15) is 13.2 Å². The third-order valence-electron chi connectivity index (χ3n) is 5.16. The number of aromatic nitrogens is 1. The van der Waals surface area contributed by atoms with Crippen molar-refractivity contribution in [2.75, 3.05) is 5.32 Å². The summed E-state index contributed by atoms with van der Waals surface area (Å²) in [6.45, 7) is -0.727. The quantitative estimate of drug-likeness (QED) is 0.567. The highest BCUT2D eigenvalue weighted by molar-refractivity contribution is 6.02. The Hall–Kier alpha value is -3.75. The molecule has 0 radical (unpaired) electrons. The van der Waals surface area contributed by atoms with E-state index in [4.69, 9.17) is 0 Å². The van der Waals surface area contributed by atoms with Gasteiger partial charge in [-0.25, -0.2) is 4.39 Å². The number of halogens is 4. The van der Waals surface area contributed by atoms with E-state index in [1.54, 1.807) is 6.07 Å². The van der Waals surface area contributed by atoms with Crippen LogP contribution in [0.5, 0.6) is 0 Å². The first-order valence-electron chi connectivity index (χ1n) is 9.67. The highest BCUT2D eigenvalue weighted by atomic mass is 19.4. The Bertz CT molecular complexity index is 1180. The predicted molar refractivity (Wildman–Crippen MR) is 109 cm³/mol. The van der Waals surface area contributed by atoms with Crippen LogP contribution in [-0.4, -0.2) is 16.8 Å². The van der Waals surface area contributed by atoms with Gasteiger partial charge in [-0.15, -0.1) is 0 Å². The zero-order valence-electron chi connectivity index (χ0n) is 16.5. The van der Waals surface area contributed by atoms with Crippen molar-refractivity contribution in [2.24, 2.45) is 0 Å². The topological polar surface area (TPSA) is 71.1 Å².